The Morgan fingerprint density at radius 1 is 1.42 bits per heavy atom. The Bertz CT molecular complexity index is 238. The fraction of sp³-hybridized carbons (Fsp3) is 0.333. The second kappa shape index (κ2) is 4.88. The Kier molecular flexibility index (Phi) is 3.74. The molecule has 0 aliphatic heterocycles. The molecule has 0 saturated heterocycles. The molecule has 0 aliphatic rings. The van der Waals surface area contributed by atoms with Crippen molar-refractivity contribution in [2.24, 2.45) is 0 Å². The van der Waals surface area contributed by atoms with Crippen LogP contribution in [0.1, 0.15) is 6.42 Å². The van der Waals surface area contributed by atoms with Gasteiger partial charge in [0, 0.05) is 11.9 Å². The molecule has 66 valence electrons. The van der Waals surface area contributed by atoms with Gasteiger partial charge in [-0.25, -0.2) is 0 Å². The number of phenolic OH excluding ortho intramolecular Hbond substituents is 1. The summed E-state index contributed by atoms with van der Waals surface area (Å²) in [6.45, 7) is 0.590. The minimum atomic E-state index is 0.221. The van der Waals surface area contributed by atoms with E-state index in [4.69, 9.17) is 21.4 Å². The van der Waals surface area contributed by atoms with Gasteiger partial charge in [-0.2, -0.15) is 0 Å². The van der Waals surface area contributed by atoms with Gasteiger partial charge in [-0.05, 0) is 18.6 Å². The predicted octanol–water partition coefficient (Wildman–Crippen LogP) is 2.40. The van der Waals surface area contributed by atoms with E-state index in [0.29, 0.717) is 18.2 Å². The molecule has 1 rings (SSSR count). The highest BCUT2D eigenvalue weighted by Gasteiger charge is 1.93. The molecule has 1 aromatic rings. The Hall–Kier alpha value is -0.890. The van der Waals surface area contributed by atoms with E-state index in [0.717, 1.165) is 6.42 Å². The lowest BCUT2D eigenvalue weighted by molar-refractivity contribution is 0.316. The number of benzene rings is 1. The molecule has 0 radical (unpaired) electrons. The van der Waals surface area contributed by atoms with Gasteiger partial charge in [0.15, 0.2) is 0 Å². The zero-order valence-electron chi connectivity index (χ0n) is 6.66. The third-order valence-corrected chi connectivity index (χ3v) is 1.63. The number of hydrogen-bond donors (Lipinski definition) is 1. The predicted molar refractivity (Wildman–Crippen MR) is 48.9 cm³/mol. The van der Waals surface area contributed by atoms with Gasteiger partial charge in [0.25, 0.3) is 0 Å². The zero-order valence-corrected chi connectivity index (χ0v) is 7.42. The van der Waals surface area contributed by atoms with E-state index in [1.165, 1.54) is 0 Å². The second-order valence-corrected chi connectivity index (χ2v) is 2.77. The number of rotatable bonds is 4. The summed E-state index contributed by atoms with van der Waals surface area (Å²) in [5, 5.41) is 9.06. The number of hydrogen-bond acceptors (Lipinski definition) is 2. The molecule has 0 unspecified atom stereocenters. The topological polar surface area (TPSA) is 29.5 Å². The molecule has 0 bridgehead atoms. The Balaban J connectivity index is 2.41. The lowest BCUT2D eigenvalue weighted by Gasteiger charge is -2.04. The van der Waals surface area contributed by atoms with Crippen LogP contribution in [0.25, 0.3) is 0 Å². The van der Waals surface area contributed by atoms with Gasteiger partial charge in [0.1, 0.15) is 11.5 Å². The molecule has 1 aromatic carbocycles. The maximum Gasteiger partial charge on any atom is 0.122 e. The van der Waals surface area contributed by atoms with Crippen LogP contribution in [0.5, 0.6) is 11.5 Å². The van der Waals surface area contributed by atoms with Crippen molar-refractivity contribution in [1.29, 1.82) is 0 Å². The normalized spacial score (nSPS) is 9.75. The molecule has 2 nitrogen and oxygen atoms in total. The van der Waals surface area contributed by atoms with Crippen molar-refractivity contribution in [3.8, 4) is 11.5 Å². The van der Waals surface area contributed by atoms with Crippen molar-refractivity contribution in [3.05, 3.63) is 24.3 Å². The van der Waals surface area contributed by atoms with E-state index in [1.807, 2.05) is 0 Å². The average Bonchev–Trinajstić information content (AvgIpc) is 2.05. The van der Waals surface area contributed by atoms with Gasteiger partial charge < -0.3 is 9.84 Å². The van der Waals surface area contributed by atoms with Gasteiger partial charge in [-0.1, -0.05) is 6.07 Å². The molecule has 0 saturated carbocycles. The minimum Gasteiger partial charge on any atom is -0.508 e. The van der Waals surface area contributed by atoms with Gasteiger partial charge in [-0.3, -0.25) is 0 Å². The lowest BCUT2D eigenvalue weighted by atomic mass is 10.3. The highest BCUT2D eigenvalue weighted by Crippen LogP contribution is 2.17. The van der Waals surface area contributed by atoms with E-state index in [9.17, 15) is 0 Å². The first-order valence-electron chi connectivity index (χ1n) is 3.81. The van der Waals surface area contributed by atoms with Gasteiger partial charge >= 0.3 is 0 Å². The largest absolute Gasteiger partial charge is 0.508 e. The van der Waals surface area contributed by atoms with E-state index < -0.39 is 0 Å². The number of phenols is 1. The van der Waals surface area contributed by atoms with Crippen molar-refractivity contribution in [2.75, 3.05) is 12.5 Å². The van der Waals surface area contributed by atoms with Crippen LogP contribution in [0.3, 0.4) is 0 Å². The molecular formula is C9H11ClO2. The van der Waals surface area contributed by atoms with Crippen LogP contribution in [-0.2, 0) is 0 Å². The maximum atomic E-state index is 9.06. The molecule has 0 heterocycles. The van der Waals surface area contributed by atoms with Crippen LogP contribution < -0.4 is 4.74 Å². The summed E-state index contributed by atoms with van der Waals surface area (Å²) >= 11 is 5.47. The standard InChI is InChI=1S/C9H11ClO2/c10-5-2-6-12-9-4-1-3-8(11)7-9/h1,3-4,7,11H,2,5-6H2. The van der Waals surface area contributed by atoms with Crippen LogP contribution in [0.15, 0.2) is 24.3 Å². The van der Waals surface area contributed by atoms with Crippen LogP contribution in [0, 0.1) is 0 Å². The molecule has 0 fully saturated rings. The summed E-state index contributed by atoms with van der Waals surface area (Å²) in [5.41, 5.74) is 0. The smallest absolute Gasteiger partial charge is 0.122 e. The third kappa shape index (κ3) is 3.01. The fourth-order valence-electron chi connectivity index (χ4n) is 0.818. The van der Waals surface area contributed by atoms with Crippen LogP contribution >= 0.6 is 11.6 Å². The van der Waals surface area contributed by atoms with Crippen molar-refractivity contribution in [2.45, 2.75) is 6.42 Å². The quantitative estimate of drug-likeness (QED) is 0.578. The summed E-state index contributed by atoms with van der Waals surface area (Å²) < 4.78 is 5.28. The van der Waals surface area contributed by atoms with Crippen molar-refractivity contribution < 1.29 is 9.84 Å². The van der Waals surface area contributed by atoms with Crippen molar-refractivity contribution >= 4 is 11.6 Å². The minimum absolute atomic E-state index is 0.221. The second-order valence-electron chi connectivity index (χ2n) is 2.39. The molecule has 0 atom stereocenters. The molecule has 1 N–H and O–H groups in total. The van der Waals surface area contributed by atoms with E-state index in [2.05, 4.69) is 0 Å². The van der Waals surface area contributed by atoms with Gasteiger partial charge in [-0.15, -0.1) is 11.6 Å². The summed E-state index contributed by atoms with van der Waals surface area (Å²) in [4.78, 5) is 0. The summed E-state index contributed by atoms with van der Waals surface area (Å²) in [6, 6.07) is 6.72. The molecule has 12 heavy (non-hydrogen) atoms. The molecular weight excluding hydrogens is 176 g/mol. The molecule has 3 heteroatoms. The first-order chi connectivity index (χ1) is 5.83. The lowest BCUT2D eigenvalue weighted by Crippen LogP contribution is -1.97. The van der Waals surface area contributed by atoms with Crippen LogP contribution in [0.4, 0.5) is 0 Å². The van der Waals surface area contributed by atoms with Crippen molar-refractivity contribution in [3.63, 3.8) is 0 Å². The monoisotopic (exact) mass is 186 g/mol. The van der Waals surface area contributed by atoms with E-state index in [-0.39, 0.29) is 5.75 Å². The molecule has 0 aromatic heterocycles. The summed E-state index contributed by atoms with van der Waals surface area (Å²) in [5.74, 6) is 1.50. The molecule has 0 amide bonds. The van der Waals surface area contributed by atoms with Crippen LogP contribution in [0.2, 0.25) is 0 Å². The average molecular weight is 187 g/mol. The third-order valence-electron chi connectivity index (χ3n) is 1.36. The van der Waals surface area contributed by atoms with E-state index in [1.54, 1.807) is 24.3 Å². The molecule has 0 spiro atoms. The first kappa shape index (κ1) is 9.20. The Morgan fingerprint density at radius 3 is 2.92 bits per heavy atom. The highest BCUT2D eigenvalue weighted by atomic mass is 35.5. The number of ether oxygens (including phenoxy) is 1. The maximum absolute atomic E-state index is 9.06. The number of halogens is 1. The number of alkyl halides is 1. The zero-order chi connectivity index (χ0) is 8.81. The van der Waals surface area contributed by atoms with Gasteiger partial charge in [0.2, 0.25) is 0 Å². The Morgan fingerprint density at radius 2 is 2.25 bits per heavy atom. The summed E-state index contributed by atoms with van der Waals surface area (Å²) in [6.07, 6.45) is 0.817. The van der Waals surface area contributed by atoms with Gasteiger partial charge in [0.05, 0.1) is 6.61 Å². The SMILES string of the molecule is Oc1cccc(OCCCCl)c1. The highest BCUT2D eigenvalue weighted by molar-refractivity contribution is 6.17. The van der Waals surface area contributed by atoms with Crippen LogP contribution in [-0.4, -0.2) is 17.6 Å². The first-order valence-corrected chi connectivity index (χ1v) is 4.34. The Labute approximate surface area is 76.7 Å². The van der Waals surface area contributed by atoms with E-state index >= 15 is 0 Å². The van der Waals surface area contributed by atoms with Crippen molar-refractivity contribution in [1.82, 2.24) is 0 Å². The molecule has 0 aliphatic carbocycles. The summed E-state index contributed by atoms with van der Waals surface area (Å²) in [7, 11) is 0. The fourth-order valence-corrected chi connectivity index (χ4v) is 0.927. The number of aromatic hydroxyl groups is 1.